The number of rotatable bonds is 3. The summed E-state index contributed by atoms with van der Waals surface area (Å²) in [5, 5.41) is 1.38. The van der Waals surface area contributed by atoms with Crippen molar-refractivity contribution < 1.29 is 8.42 Å². The van der Waals surface area contributed by atoms with Crippen molar-refractivity contribution in [2.45, 2.75) is 44.3 Å². The summed E-state index contributed by atoms with van der Waals surface area (Å²) in [7, 11) is -5.09. The van der Waals surface area contributed by atoms with Gasteiger partial charge in [0.25, 0.3) is 0 Å². The SMILES string of the molecule is Cc1ccc(S(=O)(=O)C2=C([Si](C)(C)C)[C@H]3C[C@H]2[C@H]2[C@H]3[C@H]3C=C[C@H]2C3)cc1. The topological polar surface area (TPSA) is 34.1 Å². The number of aryl methyl sites for hydroxylation is 1. The van der Waals surface area contributed by atoms with Gasteiger partial charge in [-0.2, -0.15) is 0 Å². The summed E-state index contributed by atoms with van der Waals surface area (Å²) in [6.07, 6.45) is 7.17. The third-order valence-corrected chi connectivity index (χ3v) is 11.9. The zero-order chi connectivity index (χ0) is 18.4. The van der Waals surface area contributed by atoms with E-state index in [1.54, 1.807) is 0 Å². The molecule has 0 spiro atoms. The van der Waals surface area contributed by atoms with Gasteiger partial charge in [0, 0.05) is 4.91 Å². The summed E-state index contributed by atoms with van der Waals surface area (Å²) in [6.45, 7) is 9.02. The van der Waals surface area contributed by atoms with Crippen LogP contribution in [0.2, 0.25) is 19.6 Å². The van der Waals surface area contributed by atoms with E-state index in [1.807, 2.05) is 31.2 Å². The Morgan fingerprint density at radius 1 is 0.885 bits per heavy atom. The first kappa shape index (κ1) is 17.0. The minimum atomic E-state index is -3.38. The summed E-state index contributed by atoms with van der Waals surface area (Å²) in [6, 6.07) is 7.48. The Morgan fingerprint density at radius 3 is 2.04 bits per heavy atom. The number of hydrogen-bond acceptors (Lipinski definition) is 2. The van der Waals surface area contributed by atoms with Crippen LogP contribution in [-0.2, 0) is 9.84 Å². The predicted octanol–water partition coefficient (Wildman–Crippen LogP) is 4.99. The number of hydrogen-bond donors (Lipinski definition) is 0. The zero-order valence-corrected chi connectivity index (χ0v) is 17.9. The zero-order valence-electron chi connectivity index (χ0n) is 16.1. The fourth-order valence-electron chi connectivity index (χ4n) is 6.71. The van der Waals surface area contributed by atoms with Crippen LogP contribution < -0.4 is 0 Å². The highest BCUT2D eigenvalue weighted by atomic mass is 32.2. The van der Waals surface area contributed by atoms with Gasteiger partial charge in [0.1, 0.15) is 0 Å². The molecule has 0 saturated heterocycles. The van der Waals surface area contributed by atoms with Crippen LogP contribution in [0.4, 0.5) is 0 Å². The van der Waals surface area contributed by atoms with Crippen molar-refractivity contribution in [2.75, 3.05) is 0 Å². The molecule has 0 N–H and O–H groups in total. The van der Waals surface area contributed by atoms with Crippen LogP contribution in [0, 0.1) is 42.4 Å². The van der Waals surface area contributed by atoms with Crippen molar-refractivity contribution in [3.63, 3.8) is 0 Å². The Bertz CT molecular complexity index is 933. The Balaban J connectivity index is 1.68. The lowest BCUT2D eigenvalue weighted by atomic mass is 9.76. The third kappa shape index (κ3) is 2.12. The molecule has 5 rings (SSSR count). The van der Waals surface area contributed by atoms with E-state index in [-0.39, 0.29) is 5.92 Å². The van der Waals surface area contributed by atoms with Crippen LogP contribution in [0.3, 0.4) is 0 Å². The fraction of sp³-hybridized carbons (Fsp3) is 0.545. The Hall–Kier alpha value is -1.13. The summed E-state index contributed by atoms with van der Waals surface area (Å²) in [4.78, 5) is 1.35. The van der Waals surface area contributed by atoms with E-state index in [0.717, 1.165) is 16.9 Å². The molecule has 4 heteroatoms. The van der Waals surface area contributed by atoms with E-state index in [0.29, 0.717) is 34.5 Å². The maximum atomic E-state index is 13.7. The lowest BCUT2D eigenvalue weighted by Gasteiger charge is -2.38. The molecule has 2 fully saturated rings. The van der Waals surface area contributed by atoms with Gasteiger partial charge in [-0.1, -0.05) is 54.7 Å². The molecule has 4 aliphatic rings. The van der Waals surface area contributed by atoms with E-state index in [4.69, 9.17) is 0 Å². The molecule has 4 aliphatic carbocycles. The number of sulfone groups is 1. The summed E-state index contributed by atoms with van der Waals surface area (Å²) < 4.78 is 27.5. The van der Waals surface area contributed by atoms with Gasteiger partial charge < -0.3 is 0 Å². The summed E-state index contributed by atoms with van der Waals surface area (Å²) >= 11 is 0. The van der Waals surface area contributed by atoms with Gasteiger partial charge in [-0.25, -0.2) is 8.42 Å². The van der Waals surface area contributed by atoms with E-state index in [9.17, 15) is 8.42 Å². The third-order valence-electron chi connectivity index (χ3n) is 7.42. The van der Waals surface area contributed by atoms with Gasteiger partial charge >= 0.3 is 0 Å². The largest absolute Gasteiger partial charge is 0.219 e. The minimum Gasteiger partial charge on any atom is -0.219 e. The Labute approximate surface area is 158 Å². The number of allylic oxidation sites excluding steroid dienone is 4. The van der Waals surface area contributed by atoms with Crippen LogP contribution in [0.25, 0.3) is 0 Å². The van der Waals surface area contributed by atoms with Gasteiger partial charge in [0.05, 0.1) is 13.0 Å². The van der Waals surface area contributed by atoms with Crippen molar-refractivity contribution in [1.29, 1.82) is 0 Å². The average molecular weight is 385 g/mol. The molecule has 138 valence electrons. The van der Waals surface area contributed by atoms with Crippen LogP contribution in [-0.4, -0.2) is 16.5 Å². The van der Waals surface area contributed by atoms with E-state index in [1.165, 1.54) is 11.6 Å². The van der Waals surface area contributed by atoms with Gasteiger partial charge in [-0.3, -0.25) is 0 Å². The molecule has 0 aromatic heterocycles. The second kappa shape index (κ2) is 5.23. The van der Waals surface area contributed by atoms with Crippen LogP contribution >= 0.6 is 0 Å². The van der Waals surface area contributed by atoms with Gasteiger partial charge in [-0.15, -0.1) is 0 Å². The Kier molecular flexibility index (Phi) is 3.42. The average Bonchev–Trinajstić information content (AvgIpc) is 3.31. The van der Waals surface area contributed by atoms with Crippen molar-refractivity contribution in [3.05, 3.63) is 52.1 Å². The molecule has 6 atom stereocenters. The van der Waals surface area contributed by atoms with Gasteiger partial charge in [-0.05, 0) is 67.4 Å². The maximum absolute atomic E-state index is 13.7. The van der Waals surface area contributed by atoms with Gasteiger partial charge in [0.15, 0.2) is 0 Å². The fourth-order valence-corrected chi connectivity index (χ4v) is 12.2. The first-order valence-corrected chi connectivity index (χ1v) is 14.9. The normalized spacial score (nSPS) is 37.7. The minimum absolute atomic E-state index is 0.262. The molecule has 26 heavy (non-hydrogen) atoms. The smallest absolute Gasteiger partial charge is 0.202 e. The lowest BCUT2D eigenvalue weighted by molar-refractivity contribution is 0.282. The predicted molar refractivity (Wildman–Crippen MR) is 108 cm³/mol. The monoisotopic (exact) mass is 384 g/mol. The lowest BCUT2D eigenvalue weighted by Crippen LogP contribution is -2.38. The van der Waals surface area contributed by atoms with E-state index >= 15 is 0 Å². The van der Waals surface area contributed by atoms with Crippen LogP contribution in [0.15, 0.2) is 51.4 Å². The maximum Gasteiger partial charge on any atom is 0.202 e. The van der Waals surface area contributed by atoms with Crippen LogP contribution in [0.5, 0.6) is 0 Å². The standard InChI is InChI=1S/C22H28O2SSi/c1-13-5-9-16(10-6-13)25(23,24)21-17-12-18(22(21)26(2,3)4)20-15-8-7-14(11-15)19(17)20/h5-10,14-15,17-20H,11-12H2,1-4H3/t14-,15-,17-,18-,19-,20-/m0/s1. The van der Waals surface area contributed by atoms with Crippen molar-refractivity contribution in [2.24, 2.45) is 35.5 Å². The van der Waals surface area contributed by atoms with Crippen molar-refractivity contribution >= 4 is 17.9 Å². The molecule has 1 aromatic rings. The Morgan fingerprint density at radius 2 is 1.46 bits per heavy atom. The molecule has 2 nitrogen and oxygen atoms in total. The van der Waals surface area contributed by atoms with Crippen molar-refractivity contribution in [3.8, 4) is 0 Å². The highest BCUT2D eigenvalue weighted by Gasteiger charge is 2.63. The first-order chi connectivity index (χ1) is 12.2. The van der Waals surface area contributed by atoms with Crippen LogP contribution in [0.1, 0.15) is 18.4 Å². The molecular weight excluding hydrogens is 356 g/mol. The molecule has 2 saturated carbocycles. The second-order valence-electron chi connectivity index (χ2n) is 9.90. The molecule has 1 aromatic carbocycles. The molecule has 4 bridgehead atoms. The molecular formula is C22H28O2SSi. The number of fused-ring (bicyclic) bond motifs is 9. The molecule has 0 unspecified atom stereocenters. The van der Waals surface area contributed by atoms with Crippen molar-refractivity contribution in [1.82, 2.24) is 0 Å². The van der Waals surface area contributed by atoms with Gasteiger partial charge in [0.2, 0.25) is 9.84 Å². The van der Waals surface area contributed by atoms with E-state index < -0.39 is 17.9 Å². The summed E-state index contributed by atoms with van der Waals surface area (Å²) in [5.41, 5.74) is 1.11. The van der Waals surface area contributed by atoms with E-state index in [2.05, 4.69) is 31.8 Å². The summed E-state index contributed by atoms with van der Waals surface area (Å²) in [5.74, 6) is 3.39. The molecule has 0 radical (unpaired) electrons. The molecule has 0 heterocycles. The quantitative estimate of drug-likeness (QED) is 0.418. The first-order valence-electron chi connectivity index (χ1n) is 9.94. The highest BCUT2D eigenvalue weighted by Crippen LogP contribution is 2.68. The molecule has 0 aliphatic heterocycles. The highest BCUT2D eigenvalue weighted by molar-refractivity contribution is 7.95. The molecule has 0 amide bonds. The number of benzene rings is 1. The second-order valence-corrected chi connectivity index (χ2v) is 16.9.